The van der Waals surface area contributed by atoms with E-state index < -0.39 is 0 Å². The Balaban J connectivity index is 2.59. The predicted octanol–water partition coefficient (Wildman–Crippen LogP) is 1.40. The fourth-order valence-corrected chi connectivity index (χ4v) is 0.740. The molecule has 0 aliphatic rings. The van der Waals surface area contributed by atoms with Crippen LogP contribution in [-0.4, -0.2) is 17.2 Å². The summed E-state index contributed by atoms with van der Waals surface area (Å²) in [5.41, 5.74) is 0.931. The van der Waals surface area contributed by atoms with E-state index in [9.17, 15) is 4.48 Å². The van der Waals surface area contributed by atoms with Gasteiger partial charge in [0.05, 0.1) is 6.54 Å². The molecule has 1 aromatic heterocycles. The van der Waals surface area contributed by atoms with Gasteiger partial charge in [-0.3, -0.25) is 4.98 Å². The zero-order valence-electron chi connectivity index (χ0n) is 5.79. The van der Waals surface area contributed by atoms with Gasteiger partial charge in [-0.2, -0.15) is 0 Å². The van der Waals surface area contributed by atoms with Crippen LogP contribution < -0.4 is 0 Å². The highest BCUT2D eigenvalue weighted by Gasteiger charge is 1.94. The second kappa shape index (κ2) is 3.27. The Morgan fingerprint density at radius 2 is 2.10 bits per heavy atom. The van der Waals surface area contributed by atoms with Gasteiger partial charge >= 0.3 is 0 Å². The highest BCUT2D eigenvalue weighted by Crippen LogP contribution is 1.99. The van der Waals surface area contributed by atoms with Crippen molar-refractivity contribution >= 4 is 0 Å². The van der Waals surface area contributed by atoms with Gasteiger partial charge in [0.15, 0.2) is 0 Å². The molecule has 0 fully saturated rings. The third kappa shape index (κ3) is 2.11. The van der Waals surface area contributed by atoms with Crippen LogP contribution in [-0.2, 0) is 6.54 Å². The maximum absolute atomic E-state index is 12.2. The van der Waals surface area contributed by atoms with E-state index >= 15 is 0 Å². The van der Waals surface area contributed by atoms with Crippen molar-refractivity contribution in [3.05, 3.63) is 30.1 Å². The molecule has 0 radical (unpaired) electrons. The molecule has 1 rings (SSSR count). The quantitative estimate of drug-likeness (QED) is 0.577. The van der Waals surface area contributed by atoms with Crippen LogP contribution in [0, 0.1) is 0 Å². The molecule has 54 valence electrons. The molecule has 2 nitrogen and oxygen atoms in total. The zero-order valence-corrected chi connectivity index (χ0v) is 5.79. The van der Waals surface area contributed by atoms with Gasteiger partial charge in [-0.05, 0) is 17.7 Å². The molecular weight excluding hydrogens is 131 g/mol. The Morgan fingerprint density at radius 3 is 2.60 bits per heavy atom. The van der Waals surface area contributed by atoms with Crippen LogP contribution in [0.25, 0.3) is 0 Å². The lowest BCUT2D eigenvalue weighted by molar-refractivity contribution is 0.0505. The number of hydrogen-bond acceptors (Lipinski definition) is 2. The van der Waals surface area contributed by atoms with Crippen molar-refractivity contribution < 1.29 is 4.48 Å². The van der Waals surface area contributed by atoms with Crippen LogP contribution >= 0.6 is 0 Å². The molecular formula is C7H9FN2. The summed E-state index contributed by atoms with van der Waals surface area (Å²) in [6.45, 7) is 0.322. The predicted molar refractivity (Wildman–Crippen MR) is 36.8 cm³/mol. The van der Waals surface area contributed by atoms with Crippen LogP contribution in [0.1, 0.15) is 5.56 Å². The first-order valence-corrected chi connectivity index (χ1v) is 3.05. The molecule has 0 atom stereocenters. The normalized spacial score (nSPS) is 10.3. The summed E-state index contributed by atoms with van der Waals surface area (Å²) in [7, 11) is 1.39. The minimum absolute atomic E-state index is 0.322. The van der Waals surface area contributed by atoms with Crippen LogP contribution in [0.3, 0.4) is 0 Å². The molecule has 3 heteroatoms. The van der Waals surface area contributed by atoms with E-state index in [1.807, 2.05) is 0 Å². The number of halogens is 1. The van der Waals surface area contributed by atoms with E-state index in [1.165, 1.54) is 7.05 Å². The van der Waals surface area contributed by atoms with Crippen molar-refractivity contribution in [1.82, 2.24) is 10.1 Å². The molecule has 0 unspecified atom stereocenters. The van der Waals surface area contributed by atoms with E-state index in [0.717, 1.165) is 5.56 Å². The number of nitrogens with zero attached hydrogens (tertiary/aromatic N) is 2. The third-order valence-corrected chi connectivity index (χ3v) is 1.15. The molecule has 0 aliphatic carbocycles. The summed E-state index contributed by atoms with van der Waals surface area (Å²) in [6, 6.07) is 3.58. The molecule has 1 aromatic rings. The zero-order chi connectivity index (χ0) is 7.40. The molecule has 0 aliphatic heterocycles. The van der Waals surface area contributed by atoms with Gasteiger partial charge in [0.2, 0.25) is 0 Å². The topological polar surface area (TPSA) is 16.1 Å². The Kier molecular flexibility index (Phi) is 2.34. The van der Waals surface area contributed by atoms with Gasteiger partial charge < -0.3 is 0 Å². The second-order valence-electron chi connectivity index (χ2n) is 2.12. The lowest BCUT2D eigenvalue weighted by Gasteiger charge is -2.02. The third-order valence-electron chi connectivity index (χ3n) is 1.15. The summed E-state index contributed by atoms with van der Waals surface area (Å²) in [5.74, 6) is 0. The average Bonchev–Trinajstić information content (AvgIpc) is 1.88. The molecule has 0 aromatic carbocycles. The van der Waals surface area contributed by atoms with Gasteiger partial charge in [-0.15, -0.1) is 9.60 Å². The number of rotatable bonds is 2. The average molecular weight is 140 g/mol. The fourth-order valence-electron chi connectivity index (χ4n) is 0.740. The summed E-state index contributed by atoms with van der Waals surface area (Å²) >= 11 is 0. The summed E-state index contributed by atoms with van der Waals surface area (Å²) in [5, 5.41) is 0.634. The Labute approximate surface area is 59.2 Å². The van der Waals surface area contributed by atoms with Crippen molar-refractivity contribution in [3.8, 4) is 0 Å². The van der Waals surface area contributed by atoms with E-state index in [-0.39, 0.29) is 0 Å². The van der Waals surface area contributed by atoms with Crippen LogP contribution in [0.2, 0.25) is 0 Å². The smallest absolute Gasteiger partial charge is 0.0538 e. The first-order valence-electron chi connectivity index (χ1n) is 3.05. The maximum Gasteiger partial charge on any atom is 0.0538 e. The van der Waals surface area contributed by atoms with Crippen molar-refractivity contribution in [1.29, 1.82) is 0 Å². The van der Waals surface area contributed by atoms with Gasteiger partial charge in [0.1, 0.15) is 0 Å². The number of aromatic nitrogens is 1. The van der Waals surface area contributed by atoms with Crippen LogP contribution in [0.4, 0.5) is 4.48 Å². The summed E-state index contributed by atoms with van der Waals surface area (Å²) < 4.78 is 12.2. The lowest BCUT2D eigenvalue weighted by atomic mass is 10.3. The Bertz CT molecular complexity index is 186. The SMILES string of the molecule is CN(F)Cc1ccncc1. The minimum Gasteiger partial charge on any atom is -0.265 e. The maximum atomic E-state index is 12.2. The van der Waals surface area contributed by atoms with Crippen LogP contribution in [0.15, 0.2) is 24.5 Å². The molecule has 0 spiro atoms. The van der Waals surface area contributed by atoms with Gasteiger partial charge in [0, 0.05) is 19.4 Å². The molecule has 0 bridgehead atoms. The molecule has 0 saturated carbocycles. The highest BCUT2D eigenvalue weighted by molar-refractivity contribution is 5.08. The molecule has 0 N–H and O–H groups in total. The van der Waals surface area contributed by atoms with E-state index in [2.05, 4.69) is 4.98 Å². The highest BCUT2D eigenvalue weighted by atomic mass is 19.2. The van der Waals surface area contributed by atoms with E-state index in [1.54, 1.807) is 24.5 Å². The monoisotopic (exact) mass is 140 g/mol. The van der Waals surface area contributed by atoms with Crippen molar-refractivity contribution in [2.24, 2.45) is 0 Å². The molecule has 10 heavy (non-hydrogen) atoms. The van der Waals surface area contributed by atoms with Gasteiger partial charge in [-0.1, -0.05) is 0 Å². The molecule has 1 heterocycles. The first-order chi connectivity index (χ1) is 4.79. The Morgan fingerprint density at radius 1 is 1.50 bits per heavy atom. The van der Waals surface area contributed by atoms with E-state index in [4.69, 9.17) is 0 Å². The second-order valence-corrected chi connectivity index (χ2v) is 2.12. The minimum atomic E-state index is 0.322. The van der Waals surface area contributed by atoms with E-state index in [0.29, 0.717) is 11.7 Å². The number of hydrogen-bond donors (Lipinski definition) is 0. The number of pyridine rings is 1. The van der Waals surface area contributed by atoms with Crippen molar-refractivity contribution in [3.63, 3.8) is 0 Å². The fraction of sp³-hybridized carbons (Fsp3) is 0.286. The van der Waals surface area contributed by atoms with Gasteiger partial charge in [0.25, 0.3) is 0 Å². The van der Waals surface area contributed by atoms with Crippen LogP contribution in [0.5, 0.6) is 0 Å². The Hall–Kier alpha value is -0.960. The van der Waals surface area contributed by atoms with Crippen molar-refractivity contribution in [2.75, 3.05) is 7.05 Å². The van der Waals surface area contributed by atoms with Gasteiger partial charge in [-0.25, -0.2) is 0 Å². The molecule has 0 saturated heterocycles. The van der Waals surface area contributed by atoms with Crippen molar-refractivity contribution in [2.45, 2.75) is 6.54 Å². The molecule has 0 amide bonds. The summed E-state index contributed by atoms with van der Waals surface area (Å²) in [4.78, 5) is 3.81. The largest absolute Gasteiger partial charge is 0.265 e. The first kappa shape index (κ1) is 7.15. The lowest BCUT2D eigenvalue weighted by Crippen LogP contribution is -2.04. The standard InChI is InChI=1S/C7H9FN2/c1-10(8)6-7-2-4-9-5-3-7/h2-5H,6H2,1H3. The summed E-state index contributed by atoms with van der Waals surface area (Å²) in [6.07, 6.45) is 3.30.